The number of hydrogen-bond donors (Lipinski definition) is 0. The summed E-state index contributed by atoms with van der Waals surface area (Å²) in [5, 5.41) is 3.67. The molecular formula is C35H25N3. The largest absolute Gasteiger partial charge is 0.306 e. The smallest absolute Gasteiger partial charge is 0.159 e. The van der Waals surface area contributed by atoms with Crippen LogP contribution in [0.3, 0.4) is 0 Å². The second-order valence-corrected chi connectivity index (χ2v) is 10.7. The van der Waals surface area contributed by atoms with E-state index < -0.39 is 0 Å². The van der Waals surface area contributed by atoms with Gasteiger partial charge in [-0.25, -0.2) is 9.97 Å². The minimum Gasteiger partial charge on any atom is -0.306 e. The van der Waals surface area contributed by atoms with Crippen molar-refractivity contribution in [3.8, 4) is 28.2 Å². The minimum atomic E-state index is -0.147. The van der Waals surface area contributed by atoms with Gasteiger partial charge in [0.05, 0.1) is 17.2 Å². The minimum absolute atomic E-state index is 0.147. The normalized spacial score (nSPS) is 13.7. The zero-order valence-electron chi connectivity index (χ0n) is 21.3. The van der Waals surface area contributed by atoms with Crippen LogP contribution < -0.4 is 0 Å². The Labute approximate surface area is 221 Å². The second kappa shape index (κ2) is 7.62. The van der Waals surface area contributed by atoms with Gasteiger partial charge in [-0.3, -0.25) is 0 Å². The molecule has 0 unspecified atom stereocenters. The molecule has 0 N–H and O–H groups in total. The Morgan fingerprint density at radius 3 is 2.29 bits per heavy atom. The van der Waals surface area contributed by atoms with Crippen molar-refractivity contribution in [2.24, 2.45) is 0 Å². The molecule has 0 aliphatic heterocycles. The molecule has 3 nitrogen and oxygen atoms in total. The number of aromatic nitrogens is 3. The molecule has 2 aromatic heterocycles. The number of benzene rings is 5. The third kappa shape index (κ3) is 2.84. The highest BCUT2D eigenvalue weighted by molar-refractivity contribution is 6.13. The first kappa shape index (κ1) is 21.3. The molecule has 5 aromatic carbocycles. The molecule has 7 aromatic rings. The summed E-state index contributed by atoms with van der Waals surface area (Å²) in [6, 6.07) is 38.8. The summed E-state index contributed by atoms with van der Waals surface area (Å²) in [5.74, 6) is 0.751. The van der Waals surface area contributed by atoms with Gasteiger partial charge in [-0.2, -0.15) is 0 Å². The molecule has 0 saturated heterocycles. The predicted octanol–water partition coefficient (Wildman–Crippen LogP) is 8.70. The monoisotopic (exact) mass is 487 g/mol. The van der Waals surface area contributed by atoms with Crippen LogP contribution in [0.15, 0.2) is 115 Å². The van der Waals surface area contributed by atoms with E-state index in [0.29, 0.717) is 0 Å². The molecule has 0 fully saturated rings. The van der Waals surface area contributed by atoms with Gasteiger partial charge in [0.25, 0.3) is 0 Å². The van der Waals surface area contributed by atoms with Gasteiger partial charge in [-0.05, 0) is 51.2 Å². The van der Waals surface area contributed by atoms with E-state index in [0.717, 1.165) is 33.6 Å². The van der Waals surface area contributed by atoms with Crippen molar-refractivity contribution in [2.75, 3.05) is 0 Å². The third-order valence-corrected chi connectivity index (χ3v) is 8.21. The van der Waals surface area contributed by atoms with Gasteiger partial charge in [0, 0.05) is 22.1 Å². The molecule has 3 heteroatoms. The third-order valence-electron chi connectivity index (χ3n) is 8.21. The van der Waals surface area contributed by atoms with E-state index in [1.54, 1.807) is 0 Å². The maximum atomic E-state index is 5.26. The number of fused-ring (bicyclic) bond motifs is 8. The molecule has 0 atom stereocenters. The van der Waals surface area contributed by atoms with Gasteiger partial charge < -0.3 is 4.57 Å². The van der Waals surface area contributed by atoms with Gasteiger partial charge in [-0.15, -0.1) is 0 Å². The van der Waals surface area contributed by atoms with Crippen LogP contribution in [-0.4, -0.2) is 14.5 Å². The molecule has 2 heterocycles. The molecule has 1 aliphatic rings. The van der Waals surface area contributed by atoms with Crippen molar-refractivity contribution in [1.29, 1.82) is 0 Å². The van der Waals surface area contributed by atoms with E-state index in [1.165, 1.54) is 38.4 Å². The first-order valence-electron chi connectivity index (χ1n) is 13.1. The van der Waals surface area contributed by atoms with Crippen molar-refractivity contribution in [3.63, 3.8) is 0 Å². The Morgan fingerprint density at radius 2 is 1.42 bits per heavy atom. The average molecular weight is 488 g/mol. The Bertz CT molecular complexity index is 2050. The van der Waals surface area contributed by atoms with Crippen LogP contribution in [0.2, 0.25) is 0 Å². The van der Waals surface area contributed by atoms with Gasteiger partial charge in [0.1, 0.15) is 5.52 Å². The van der Waals surface area contributed by atoms with Crippen molar-refractivity contribution < 1.29 is 0 Å². The average Bonchev–Trinajstić information content (AvgIpc) is 3.42. The Hall–Kier alpha value is -4.76. The summed E-state index contributed by atoms with van der Waals surface area (Å²) in [4.78, 5) is 10.1. The maximum Gasteiger partial charge on any atom is 0.159 e. The molecule has 180 valence electrons. The zero-order valence-corrected chi connectivity index (χ0v) is 21.3. The van der Waals surface area contributed by atoms with Gasteiger partial charge >= 0.3 is 0 Å². The molecule has 8 rings (SSSR count). The van der Waals surface area contributed by atoms with Crippen LogP contribution >= 0.6 is 0 Å². The van der Waals surface area contributed by atoms with Gasteiger partial charge in [0.15, 0.2) is 5.82 Å². The molecule has 0 bridgehead atoms. The lowest BCUT2D eigenvalue weighted by molar-refractivity contribution is 0.666. The van der Waals surface area contributed by atoms with Crippen LogP contribution in [0.4, 0.5) is 0 Å². The predicted molar refractivity (Wildman–Crippen MR) is 157 cm³/mol. The molecule has 0 saturated carbocycles. The summed E-state index contributed by atoms with van der Waals surface area (Å²) in [6.45, 7) is 4.69. The quantitative estimate of drug-likeness (QED) is 0.244. The summed E-state index contributed by atoms with van der Waals surface area (Å²) in [6.07, 6.45) is 2.00. The Kier molecular flexibility index (Phi) is 4.28. The number of rotatable bonds is 2. The van der Waals surface area contributed by atoms with E-state index in [-0.39, 0.29) is 5.41 Å². The fraction of sp³-hybridized carbons (Fsp3) is 0.0857. The van der Waals surface area contributed by atoms with E-state index in [1.807, 2.05) is 24.4 Å². The first-order chi connectivity index (χ1) is 18.6. The first-order valence-corrected chi connectivity index (χ1v) is 13.1. The summed E-state index contributed by atoms with van der Waals surface area (Å²) >= 11 is 0. The zero-order chi connectivity index (χ0) is 25.4. The lowest BCUT2D eigenvalue weighted by atomic mass is 9.81. The van der Waals surface area contributed by atoms with E-state index in [4.69, 9.17) is 9.97 Å². The van der Waals surface area contributed by atoms with Crippen LogP contribution in [0.1, 0.15) is 25.0 Å². The van der Waals surface area contributed by atoms with Crippen LogP contribution in [0.5, 0.6) is 0 Å². The standard InChI is InChI=1S/C35H25N3/c1-35(2)28-15-9-8-14-26(28)27-18-19-29-31(32(27)35)33-30(21-36-34(37-33)23-11-4-3-5-12-23)38(29)25-17-16-22-10-6-7-13-24(22)20-25/h3-21H,1-2H3. The molecular weight excluding hydrogens is 462 g/mol. The topological polar surface area (TPSA) is 30.7 Å². The molecule has 0 amide bonds. The van der Waals surface area contributed by atoms with E-state index >= 15 is 0 Å². The van der Waals surface area contributed by atoms with Gasteiger partial charge in [0.2, 0.25) is 0 Å². The molecule has 0 spiro atoms. The lowest BCUT2D eigenvalue weighted by Crippen LogP contribution is -2.15. The summed E-state index contributed by atoms with van der Waals surface area (Å²) in [7, 11) is 0. The summed E-state index contributed by atoms with van der Waals surface area (Å²) < 4.78 is 2.34. The van der Waals surface area contributed by atoms with Crippen LogP contribution in [0.25, 0.3) is 60.9 Å². The lowest BCUT2D eigenvalue weighted by Gasteiger charge is -2.22. The highest BCUT2D eigenvalue weighted by Gasteiger charge is 2.38. The fourth-order valence-electron chi connectivity index (χ4n) is 6.46. The van der Waals surface area contributed by atoms with Gasteiger partial charge in [-0.1, -0.05) is 105 Å². The second-order valence-electron chi connectivity index (χ2n) is 10.7. The fourth-order valence-corrected chi connectivity index (χ4v) is 6.46. The SMILES string of the molecule is CC1(C)c2ccccc2-c2ccc3c(c21)c1nc(-c2ccccc2)ncc1n3-c1ccc2ccccc2c1. The number of nitrogens with zero attached hydrogens (tertiary/aromatic N) is 3. The molecule has 38 heavy (non-hydrogen) atoms. The Morgan fingerprint density at radius 1 is 0.658 bits per heavy atom. The van der Waals surface area contributed by atoms with Crippen LogP contribution in [-0.2, 0) is 5.41 Å². The number of hydrogen-bond acceptors (Lipinski definition) is 2. The molecule has 0 radical (unpaired) electrons. The highest BCUT2D eigenvalue weighted by atomic mass is 15.0. The maximum absolute atomic E-state index is 5.26. The van der Waals surface area contributed by atoms with E-state index in [2.05, 4.69) is 109 Å². The van der Waals surface area contributed by atoms with Crippen molar-refractivity contribution in [3.05, 3.63) is 127 Å². The summed E-state index contributed by atoms with van der Waals surface area (Å²) in [5.41, 5.74) is 10.5. The van der Waals surface area contributed by atoms with Crippen molar-refractivity contribution in [1.82, 2.24) is 14.5 Å². The Balaban J connectivity index is 1.52. The highest BCUT2D eigenvalue weighted by Crippen LogP contribution is 2.53. The van der Waals surface area contributed by atoms with Crippen molar-refractivity contribution in [2.45, 2.75) is 19.3 Å². The van der Waals surface area contributed by atoms with E-state index in [9.17, 15) is 0 Å². The van der Waals surface area contributed by atoms with Crippen molar-refractivity contribution >= 4 is 32.7 Å². The molecule has 1 aliphatic carbocycles. The van der Waals surface area contributed by atoms with Crippen LogP contribution in [0, 0.1) is 0 Å².